The summed E-state index contributed by atoms with van der Waals surface area (Å²) in [7, 11) is 4.37. The zero-order valence-electron chi connectivity index (χ0n) is 5.57. The van der Waals surface area contributed by atoms with Crippen molar-refractivity contribution in [3.63, 3.8) is 0 Å². The summed E-state index contributed by atoms with van der Waals surface area (Å²) in [6.07, 6.45) is 1.25. The highest BCUT2D eigenvalue weighted by Gasteiger charge is 2.10. The van der Waals surface area contributed by atoms with Gasteiger partial charge < -0.3 is 10.6 Å². The van der Waals surface area contributed by atoms with Crippen molar-refractivity contribution in [2.75, 3.05) is 6.54 Å². The second-order valence-electron chi connectivity index (χ2n) is 2.53. The van der Waals surface area contributed by atoms with Crippen LogP contribution in [0.1, 0.15) is 6.42 Å². The second kappa shape index (κ2) is 2.55. The van der Waals surface area contributed by atoms with Gasteiger partial charge in [-0.1, -0.05) is 0 Å². The Balaban J connectivity index is 2.23. The molecule has 2 nitrogen and oxygen atoms in total. The molecule has 2 unspecified atom stereocenters. The summed E-state index contributed by atoms with van der Waals surface area (Å²) in [5, 5.41) is 6.67. The normalized spacial score (nSPS) is 39.5. The minimum absolute atomic E-state index is 0.513. The monoisotopic (exact) mass is 110 g/mol. The average molecular weight is 110 g/mol. The lowest BCUT2D eigenvalue weighted by molar-refractivity contribution is 0.429. The Bertz CT molecular complexity index is 70.4. The molecule has 1 aliphatic rings. The molecule has 2 N–H and O–H groups in total. The van der Waals surface area contributed by atoms with E-state index in [0.29, 0.717) is 12.0 Å². The third-order valence-corrected chi connectivity index (χ3v) is 1.56. The van der Waals surface area contributed by atoms with Gasteiger partial charge in [-0.15, -0.1) is 0 Å². The van der Waals surface area contributed by atoms with E-state index < -0.39 is 0 Å². The Kier molecular flexibility index (Phi) is 1.97. The van der Waals surface area contributed by atoms with Crippen molar-refractivity contribution < 1.29 is 0 Å². The highest BCUT2D eigenvalue weighted by atomic mass is 15.1. The summed E-state index contributed by atoms with van der Waals surface area (Å²) >= 11 is 0. The van der Waals surface area contributed by atoms with Gasteiger partial charge in [-0.2, -0.15) is 0 Å². The largest absolute Gasteiger partial charge is 0.314 e. The van der Waals surface area contributed by atoms with Gasteiger partial charge in [0.2, 0.25) is 0 Å². The Labute approximate surface area is 52.2 Å². The third kappa shape index (κ3) is 1.53. The second-order valence-corrected chi connectivity index (χ2v) is 2.53. The molecule has 1 rings (SSSR count). The molecule has 0 aliphatic carbocycles. The van der Waals surface area contributed by atoms with Crippen LogP contribution in [0.15, 0.2) is 0 Å². The van der Waals surface area contributed by atoms with Crippen molar-refractivity contribution in [2.24, 2.45) is 0 Å². The molecule has 0 bridgehead atoms. The maximum Gasteiger partial charge on any atom is 0.142 e. The van der Waals surface area contributed by atoms with Crippen molar-refractivity contribution in [2.45, 2.75) is 18.4 Å². The Morgan fingerprint density at radius 2 is 2.12 bits per heavy atom. The van der Waals surface area contributed by atoms with E-state index in [0.717, 1.165) is 6.54 Å². The van der Waals surface area contributed by atoms with E-state index in [1.54, 1.807) is 0 Å². The molecule has 1 aliphatic heterocycles. The van der Waals surface area contributed by atoms with Gasteiger partial charge in [-0.25, -0.2) is 0 Å². The van der Waals surface area contributed by atoms with E-state index in [1.165, 1.54) is 6.42 Å². The highest BCUT2D eigenvalue weighted by Crippen LogP contribution is 1.90. The molecule has 0 spiro atoms. The molecule has 1 heterocycles. The first kappa shape index (κ1) is 6.17. The molecule has 0 aromatic carbocycles. The van der Waals surface area contributed by atoms with Gasteiger partial charge in [0.1, 0.15) is 15.7 Å². The Morgan fingerprint density at radius 3 is 2.50 bits per heavy atom. The molecule has 0 amide bonds. The molecule has 1 fully saturated rings. The third-order valence-electron chi connectivity index (χ3n) is 1.56. The first-order chi connectivity index (χ1) is 3.79. The lowest BCUT2D eigenvalue weighted by atomic mass is 9.88. The Morgan fingerprint density at radius 1 is 1.38 bits per heavy atom. The van der Waals surface area contributed by atoms with E-state index >= 15 is 0 Å². The van der Waals surface area contributed by atoms with E-state index in [-0.39, 0.29) is 0 Å². The first-order valence-corrected chi connectivity index (χ1v) is 3.28. The average Bonchev–Trinajstić information content (AvgIpc) is 1.64. The molecule has 0 aromatic rings. The minimum Gasteiger partial charge on any atom is -0.314 e. The van der Waals surface area contributed by atoms with Gasteiger partial charge in [-0.05, 0) is 18.9 Å². The van der Waals surface area contributed by atoms with Crippen LogP contribution < -0.4 is 10.6 Å². The Hall–Kier alpha value is 0.0499. The lowest BCUT2D eigenvalue weighted by Gasteiger charge is -2.27. The van der Waals surface area contributed by atoms with Crippen molar-refractivity contribution in [3.05, 3.63) is 0 Å². The van der Waals surface area contributed by atoms with Gasteiger partial charge in [0.15, 0.2) is 0 Å². The van der Waals surface area contributed by atoms with Gasteiger partial charge in [0.25, 0.3) is 0 Å². The fourth-order valence-corrected chi connectivity index (χ4v) is 1.09. The first-order valence-electron chi connectivity index (χ1n) is 3.28. The molecule has 0 saturated carbocycles. The minimum atomic E-state index is 0.513. The zero-order chi connectivity index (χ0) is 5.98. The van der Waals surface area contributed by atoms with Crippen molar-refractivity contribution in [1.82, 2.24) is 10.6 Å². The fourth-order valence-electron chi connectivity index (χ4n) is 1.09. The predicted molar refractivity (Wildman–Crippen MR) is 40.4 cm³/mol. The summed E-state index contributed by atoms with van der Waals surface area (Å²) < 4.78 is 0. The van der Waals surface area contributed by atoms with Crippen LogP contribution >= 0.6 is 0 Å². The van der Waals surface area contributed by atoms with Crippen LogP contribution in [-0.4, -0.2) is 34.2 Å². The van der Waals surface area contributed by atoms with E-state index in [4.69, 9.17) is 0 Å². The molecular weight excluding hydrogens is 97.7 g/mol. The van der Waals surface area contributed by atoms with Gasteiger partial charge >= 0.3 is 0 Å². The molecular formula is C4H12B2N2. The summed E-state index contributed by atoms with van der Waals surface area (Å²) in [5.74, 6) is 0.700. The molecule has 1 saturated heterocycles. The predicted octanol–water partition coefficient (Wildman–Crippen LogP) is -2.55. The number of rotatable bonds is 0. The quantitative estimate of drug-likeness (QED) is 0.335. The molecule has 44 valence electrons. The smallest absolute Gasteiger partial charge is 0.142 e. The highest BCUT2D eigenvalue weighted by molar-refractivity contribution is 6.14. The molecule has 2 atom stereocenters. The van der Waals surface area contributed by atoms with Gasteiger partial charge in [0.05, 0.1) is 0 Å². The molecule has 4 heteroatoms. The van der Waals surface area contributed by atoms with Crippen molar-refractivity contribution in [3.8, 4) is 0 Å². The van der Waals surface area contributed by atoms with Crippen LogP contribution in [0.2, 0.25) is 0 Å². The summed E-state index contributed by atoms with van der Waals surface area (Å²) in [6.45, 7) is 1.16. The van der Waals surface area contributed by atoms with Crippen molar-refractivity contribution >= 4 is 15.7 Å². The van der Waals surface area contributed by atoms with Crippen LogP contribution in [0.4, 0.5) is 0 Å². The van der Waals surface area contributed by atoms with Crippen LogP contribution in [0.25, 0.3) is 0 Å². The van der Waals surface area contributed by atoms with Crippen LogP contribution in [-0.2, 0) is 0 Å². The fraction of sp³-hybridized carbons (Fsp3) is 1.00. The number of hydrogen-bond acceptors (Lipinski definition) is 2. The molecule has 0 radical (unpaired) electrons. The van der Waals surface area contributed by atoms with E-state index in [9.17, 15) is 0 Å². The maximum absolute atomic E-state index is 3.37. The molecule has 0 aromatic heterocycles. The van der Waals surface area contributed by atoms with Gasteiger partial charge in [-0.3, -0.25) is 0 Å². The van der Waals surface area contributed by atoms with Crippen molar-refractivity contribution in [1.29, 1.82) is 0 Å². The summed E-state index contributed by atoms with van der Waals surface area (Å²) in [6, 6.07) is 0.513. The van der Waals surface area contributed by atoms with Crippen LogP contribution in [0.3, 0.4) is 0 Å². The molecule has 8 heavy (non-hydrogen) atoms. The van der Waals surface area contributed by atoms with Gasteiger partial charge in [0, 0.05) is 6.07 Å². The topological polar surface area (TPSA) is 24.1 Å². The van der Waals surface area contributed by atoms with E-state index in [1.807, 2.05) is 0 Å². The zero-order valence-corrected chi connectivity index (χ0v) is 5.57. The number of nitrogens with one attached hydrogen (secondary N) is 2. The van der Waals surface area contributed by atoms with Crippen LogP contribution in [0, 0.1) is 0 Å². The van der Waals surface area contributed by atoms with Crippen LogP contribution in [0.5, 0.6) is 0 Å². The SMILES string of the molecule is BC1CCNC(B)N1. The van der Waals surface area contributed by atoms with E-state index in [2.05, 4.69) is 26.3 Å². The summed E-state index contributed by atoms with van der Waals surface area (Å²) in [5.41, 5.74) is 0. The summed E-state index contributed by atoms with van der Waals surface area (Å²) in [4.78, 5) is 0. The number of hydrogen-bond donors (Lipinski definition) is 2. The maximum atomic E-state index is 3.37. The lowest BCUT2D eigenvalue weighted by Crippen LogP contribution is -2.54. The standard InChI is InChI=1S/C4H12B2N2/c5-3-1-2-7-4(6)8-3/h3-4,7-8H,1-2,5-6H2.